The normalized spacial score (nSPS) is 23.9. The Morgan fingerprint density at radius 2 is 1.95 bits per heavy atom. The fraction of sp³-hybridized carbons (Fsp3) is 0.688. The van der Waals surface area contributed by atoms with E-state index in [0.29, 0.717) is 0 Å². The third-order valence-electron chi connectivity index (χ3n) is 3.38. The lowest BCUT2D eigenvalue weighted by molar-refractivity contribution is -0.00522. The van der Waals surface area contributed by atoms with Gasteiger partial charge in [-0.1, -0.05) is 0 Å². The number of pyridine rings is 1. The van der Waals surface area contributed by atoms with Gasteiger partial charge < -0.3 is 15.0 Å². The second kappa shape index (κ2) is 6.10. The van der Waals surface area contributed by atoms with Crippen LogP contribution in [-0.4, -0.2) is 35.8 Å². The smallest absolute Gasteiger partial charge is 0.0726 e. The van der Waals surface area contributed by atoms with E-state index < -0.39 is 0 Å². The molecule has 1 fully saturated rings. The van der Waals surface area contributed by atoms with Gasteiger partial charge in [0.1, 0.15) is 0 Å². The summed E-state index contributed by atoms with van der Waals surface area (Å²) in [6.45, 7) is 13.5. The summed E-state index contributed by atoms with van der Waals surface area (Å²) in [6.07, 6.45) is 2.46. The van der Waals surface area contributed by atoms with Crippen molar-refractivity contribution in [2.45, 2.75) is 58.9 Å². The summed E-state index contributed by atoms with van der Waals surface area (Å²) < 4.78 is 5.79. The zero-order chi connectivity index (χ0) is 14.8. The summed E-state index contributed by atoms with van der Waals surface area (Å²) in [7, 11) is 0. The first-order valence-electron chi connectivity index (χ1n) is 7.44. The Kier molecular flexibility index (Phi) is 4.66. The van der Waals surface area contributed by atoms with Crippen molar-refractivity contribution in [2.24, 2.45) is 0 Å². The van der Waals surface area contributed by atoms with Crippen LogP contribution < -0.4 is 10.2 Å². The summed E-state index contributed by atoms with van der Waals surface area (Å²) in [5, 5.41) is 3.48. The van der Waals surface area contributed by atoms with Gasteiger partial charge in [0.25, 0.3) is 0 Å². The lowest BCUT2D eigenvalue weighted by Crippen LogP contribution is -2.45. The maximum Gasteiger partial charge on any atom is 0.0726 e. The molecule has 112 valence electrons. The van der Waals surface area contributed by atoms with Gasteiger partial charge in [0.15, 0.2) is 0 Å². The first-order valence-corrected chi connectivity index (χ1v) is 7.44. The van der Waals surface area contributed by atoms with Gasteiger partial charge in [-0.15, -0.1) is 0 Å². The fourth-order valence-electron chi connectivity index (χ4n) is 2.50. The summed E-state index contributed by atoms with van der Waals surface area (Å²) in [6, 6.07) is 4.27. The molecule has 1 aromatic rings. The van der Waals surface area contributed by atoms with Crippen LogP contribution in [0.1, 0.15) is 40.3 Å². The average Bonchev–Trinajstić information content (AvgIpc) is 2.35. The average molecular weight is 277 g/mol. The van der Waals surface area contributed by atoms with Crippen molar-refractivity contribution < 1.29 is 4.74 Å². The van der Waals surface area contributed by atoms with Crippen molar-refractivity contribution >= 4 is 5.69 Å². The zero-order valence-electron chi connectivity index (χ0n) is 13.3. The molecule has 0 saturated carbocycles. The highest BCUT2D eigenvalue weighted by atomic mass is 16.5. The molecule has 0 aliphatic carbocycles. The van der Waals surface area contributed by atoms with E-state index in [4.69, 9.17) is 4.74 Å². The van der Waals surface area contributed by atoms with Crippen molar-refractivity contribution in [1.29, 1.82) is 0 Å². The Bertz CT molecular complexity index is 432. The van der Waals surface area contributed by atoms with Crippen molar-refractivity contribution in [1.82, 2.24) is 10.3 Å². The Morgan fingerprint density at radius 1 is 1.30 bits per heavy atom. The van der Waals surface area contributed by atoms with E-state index in [-0.39, 0.29) is 17.7 Å². The molecule has 1 aromatic heterocycles. The molecule has 1 aliphatic rings. The Hall–Kier alpha value is -1.13. The minimum absolute atomic E-state index is 0.111. The maximum absolute atomic E-state index is 5.79. The van der Waals surface area contributed by atoms with E-state index >= 15 is 0 Å². The van der Waals surface area contributed by atoms with Crippen LogP contribution in [0.15, 0.2) is 18.3 Å². The molecule has 2 heterocycles. The van der Waals surface area contributed by atoms with Gasteiger partial charge in [-0.25, -0.2) is 0 Å². The lowest BCUT2D eigenvalue weighted by Gasteiger charge is -2.37. The summed E-state index contributed by atoms with van der Waals surface area (Å²) in [4.78, 5) is 6.84. The van der Waals surface area contributed by atoms with Gasteiger partial charge in [0.2, 0.25) is 0 Å². The van der Waals surface area contributed by atoms with E-state index in [0.717, 1.165) is 25.3 Å². The number of anilines is 1. The lowest BCUT2D eigenvalue weighted by atomic mass is 10.1. The third-order valence-corrected chi connectivity index (χ3v) is 3.38. The number of aromatic nitrogens is 1. The number of nitrogens with one attached hydrogen (secondary N) is 1. The summed E-state index contributed by atoms with van der Waals surface area (Å²) in [5.74, 6) is 0. The molecule has 0 bridgehead atoms. The molecule has 1 N–H and O–H groups in total. The second-order valence-corrected chi connectivity index (χ2v) is 6.77. The molecule has 0 unspecified atom stereocenters. The molecule has 0 radical (unpaired) electrons. The van der Waals surface area contributed by atoms with Crippen LogP contribution in [0.25, 0.3) is 0 Å². The van der Waals surface area contributed by atoms with Crippen LogP contribution in [0.3, 0.4) is 0 Å². The van der Waals surface area contributed by atoms with Crippen molar-refractivity contribution in [2.75, 3.05) is 18.0 Å². The van der Waals surface area contributed by atoms with Crippen LogP contribution in [0.4, 0.5) is 5.69 Å². The van der Waals surface area contributed by atoms with E-state index in [1.165, 1.54) is 5.69 Å². The highest BCUT2D eigenvalue weighted by Gasteiger charge is 2.22. The first-order chi connectivity index (χ1) is 9.33. The van der Waals surface area contributed by atoms with Gasteiger partial charge in [-0.05, 0) is 46.8 Å². The Balaban J connectivity index is 2.05. The van der Waals surface area contributed by atoms with Gasteiger partial charge in [-0.2, -0.15) is 0 Å². The number of hydrogen-bond acceptors (Lipinski definition) is 4. The predicted octanol–water partition coefficient (Wildman–Crippen LogP) is 2.58. The Morgan fingerprint density at radius 3 is 2.55 bits per heavy atom. The molecule has 1 aliphatic heterocycles. The highest BCUT2D eigenvalue weighted by molar-refractivity contribution is 5.47. The second-order valence-electron chi connectivity index (χ2n) is 6.77. The van der Waals surface area contributed by atoms with Gasteiger partial charge in [0.05, 0.1) is 17.9 Å². The molecule has 0 amide bonds. The number of nitrogens with zero attached hydrogens (tertiary/aromatic N) is 2. The minimum Gasteiger partial charge on any atom is -0.372 e. The summed E-state index contributed by atoms with van der Waals surface area (Å²) in [5.41, 5.74) is 2.44. The number of rotatable bonds is 3. The number of ether oxygens (including phenoxy) is 1. The van der Waals surface area contributed by atoms with E-state index in [1.807, 2.05) is 6.20 Å². The van der Waals surface area contributed by atoms with E-state index in [1.54, 1.807) is 0 Å². The standard InChI is InChI=1S/C16H27N3O/c1-12-10-19(11-13(2)20-12)15-6-7-17-14(8-15)9-18-16(3,4)5/h6-8,12-13,18H,9-11H2,1-5H3/t12-,13+. The quantitative estimate of drug-likeness (QED) is 0.921. The van der Waals surface area contributed by atoms with Crippen molar-refractivity contribution in [3.8, 4) is 0 Å². The van der Waals surface area contributed by atoms with E-state index in [9.17, 15) is 0 Å². The van der Waals surface area contributed by atoms with Crippen LogP contribution in [-0.2, 0) is 11.3 Å². The number of morpholine rings is 1. The van der Waals surface area contributed by atoms with Crippen LogP contribution in [0, 0.1) is 0 Å². The topological polar surface area (TPSA) is 37.4 Å². The van der Waals surface area contributed by atoms with E-state index in [2.05, 4.69) is 62.0 Å². The maximum atomic E-state index is 5.79. The largest absolute Gasteiger partial charge is 0.372 e. The molecule has 20 heavy (non-hydrogen) atoms. The van der Waals surface area contributed by atoms with Crippen molar-refractivity contribution in [3.05, 3.63) is 24.0 Å². The highest BCUT2D eigenvalue weighted by Crippen LogP contribution is 2.20. The molecular formula is C16H27N3O. The molecule has 4 heteroatoms. The SMILES string of the molecule is C[C@@H]1CN(c2ccnc(CNC(C)(C)C)c2)C[C@H](C)O1. The van der Waals surface area contributed by atoms with Gasteiger partial charge in [-0.3, -0.25) is 4.98 Å². The van der Waals surface area contributed by atoms with Gasteiger partial charge >= 0.3 is 0 Å². The first kappa shape index (κ1) is 15.3. The minimum atomic E-state index is 0.111. The molecule has 0 spiro atoms. The van der Waals surface area contributed by atoms with Crippen LogP contribution in [0.2, 0.25) is 0 Å². The molecule has 4 nitrogen and oxygen atoms in total. The fourth-order valence-corrected chi connectivity index (χ4v) is 2.50. The molecule has 2 rings (SSSR count). The van der Waals surface area contributed by atoms with Crippen LogP contribution in [0.5, 0.6) is 0 Å². The Labute approximate surface area is 122 Å². The van der Waals surface area contributed by atoms with Crippen LogP contribution >= 0.6 is 0 Å². The monoisotopic (exact) mass is 277 g/mol. The molecule has 2 atom stereocenters. The van der Waals surface area contributed by atoms with Crippen molar-refractivity contribution in [3.63, 3.8) is 0 Å². The zero-order valence-corrected chi connectivity index (χ0v) is 13.3. The third kappa shape index (κ3) is 4.46. The number of hydrogen-bond donors (Lipinski definition) is 1. The molecule has 0 aromatic carbocycles. The molecule has 1 saturated heterocycles. The molecular weight excluding hydrogens is 250 g/mol. The van der Waals surface area contributed by atoms with Gasteiger partial charge in [0, 0.05) is 37.1 Å². The predicted molar refractivity (Wildman–Crippen MR) is 83.1 cm³/mol. The summed E-state index contributed by atoms with van der Waals surface area (Å²) >= 11 is 0.